The van der Waals surface area contributed by atoms with Crippen LogP contribution in [-0.2, 0) is 14.3 Å². The predicted molar refractivity (Wildman–Crippen MR) is 68.0 cm³/mol. The largest absolute Gasteiger partial charge is 0.358 e. The molecule has 0 radical (unpaired) electrons. The van der Waals surface area contributed by atoms with Gasteiger partial charge < -0.3 is 14.8 Å². The number of rotatable bonds is 6. The first kappa shape index (κ1) is 14.0. The van der Waals surface area contributed by atoms with Crippen LogP contribution in [-0.4, -0.2) is 32.9 Å². The van der Waals surface area contributed by atoms with Crippen LogP contribution in [0.5, 0.6) is 0 Å². The van der Waals surface area contributed by atoms with E-state index < -0.39 is 0 Å². The van der Waals surface area contributed by atoms with Crippen molar-refractivity contribution in [1.29, 1.82) is 0 Å². The Labute approximate surface area is 106 Å². The van der Waals surface area contributed by atoms with Gasteiger partial charge in [0.1, 0.15) is 0 Å². The SMILES string of the molecule is CNC(=O)CSc1ccc(C(OC)OC)cc1. The van der Waals surface area contributed by atoms with E-state index in [2.05, 4.69) is 5.32 Å². The molecule has 0 heterocycles. The van der Waals surface area contributed by atoms with Crippen molar-refractivity contribution in [2.75, 3.05) is 27.0 Å². The second-order valence-electron chi connectivity index (χ2n) is 3.33. The van der Waals surface area contributed by atoms with E-state index in [1.165, 1.54) is 11.8 Å². The monoisotopic (exact) mass is 255 g/mol. The minimum absolute atomic E-state index is 0.0192. The van der Waals surface area contributed by atoms with Gasteiger partial charge in [0, 0.05) is 31.7 Å². The van der Waals surface area contributed by atoms with Crippen molar-refractivity contribution in [3.8, 4) is 0 Å². The van der Waals surface area contributed by atoms with Gasteiger partial charge in [0.15, 0.2) is 6.29 Å². The molecule has 1 rings (SSSR count). The van der Waals surface area contributed by atoms with Crippen LogP contribution in [0.4, 0.5) is 0 Å². The third kappa shape index (κ3) is 4.38. The summed E-state index contributed by atoms with van der Waals surface area (Å²) in [6.45, 7) is 0. The molecule has 0 unspecified atom stereocenters. The fourth-order valence-corrected chi connectivity index (χ4v) is 2.08. The molecule has 1 aromatic rings. The molecule has 0 fully saturated rings. The Bertz CT molecular complexity index is 349. The molecule has 94 valence electrons. The molecule has 0 atom stereocenters. The third-order valence-corrected chi connectivity index (χ3v) is 3.24. The number of ether oxygens (including phenoxy) is 2. The fourth-order valence-electron chi connectivity index (χ4n) is 1.31. The van der Waals surface area contributed by atoms with Gasteiger partial charge in [-0.2, -0.15) is 0 Å². The highest BCUT2D eigenvalue weighted by molar-refractivity contribution is 8.00. The van der Waals surface area contributed by atoms with E-state index in [-0.39, 0.29) is 12.2 Å². The number of nitrogens with one attached hydrogen (secondary N) is 1. The van der Waals surface area contributed by atoms with Crippen LogP contribution in [0.25, 0.3) is 0 Å². The summed E-state index contributed by atoms with van der Waals surface area (Å²) in [7, 11) is 4.83. The molecule has 0 aliphatic carbocycles. The minimum Gasteiger partial charge on any atom is -0.358 e. The Balaban J connectivity index is 2.58. The number of hydrogen-bond acceptors (Lipinski definition) is 4. The van der Waals surface area contributed by atoms with Gasteiger partial charge in [-0.25, -0.2) is 0 Å². The van der Waals surface area contributed by atoms with Crippen molar-refractivity contribution in [1.82, 2.24) is 5.32 Å². The summed E-state index contributed by atoms with van der Waals surface area (Å²) in [5, 5.41) is 2.58. The van der Waals surface area contributed by atoms with Crippen LogP contribution in [0.2, 0.25) is 0 Å². The number of carbonyl (C=O) groups is 1. The third-order valence-electron chi connectivity index (χ3n) is 2.23. The van der Waals surface area contributed by atoms with Gasteiger partial charge >= 0.3 is 0 Å². The Morgan fingerprint density at radius 3 is 2.35 bits per heavy atom. The molecule has 0 aliphatic heterocycles. The zero-order valence-corrected chi connectivity index (χ0v) is 11.0. The highest BCUT2D eigenvalue weighted by atomic mass is 32.2. The van der Waals surface area contributed by atoms with Crippen LogP contribution in [0, 0.1) is 0 Å². The number of amides is 1. The number of benzene rings is 1. The van der Waals surface area contributed by atoms with Gasteiger partial charge in [0.05, 0.1) is 5.75 Å². The average Bonchev–Trinajstić information content (AvgIpc) is 2.38. The van der Waals surface area contributed by atoms with E-state index in [9.17, 15) is 4.79 Å². The smallest absolute Gasteiger partial charge is 0.230 e. The molecule has 0 aliphatic rings. The van der Waals surface area contributed by atoms with Gasteiger partial charge in [-0.1, -0.05) is 12.1 Å². The van der Waals surface area contributed by atoms with Crippen molar-refractivity contribution in [2.45, 2.75) is 11.2 Å². The second kappa shape index (κ2) is 7.32. The molecule has 0 bridgehead atoms. The predicted octanol–water partition coefficient (Wildman–Crippen LogP) is 1.82. The van der Waals surface area contributed by atoms with Crippen LogP contribution >= 0.6 is 11.8 Å². The number of methoxy groups -OCH3 is 2. The number of thioether (sulfide) groups is 1. The van der Waals surface area contributed by atoms with E-state index in [1.54, 1.807) is 21.3 Å². The van der Waals surface area contributed by atoms with E-state index in [1.807, 2.05) is 24.3 Å². The molecule has 1 amide bonds. The van der Waals surface area contributed by atoms with Crippen molar-refractivity contribution >= 4 is 17.7 Å². The molecule has 0 spiro atoms. The maximum atomic E-state index is 11.1. The first-order chi connectivity index (χ1) is 8.21. The maximum Gasteiger partial charge on any atom is 0.230 e. The van der Waals surface area contributed by atoms with Crippen LogP contribution in [0.15, 0.2) is 29.2 Å². The van der Waals surface area contributed by atoms with Gasteiger partial charge in [0.2, 0.25) is 5.91 Å². The lowest BCUT2D eigenvalue weighted by atomic mass is 10.2. The van der Waals surface area contributed by atoms with E-state index in [0.717, 1.165) is 10.5 Å². The highest BCUT2D eigenvalue weighted by Crippen LogP contribution is 2.22. The van der Waals surface area contributed by atoms with E-state index in [0.29, 0.717) is 5.75 Å². The zero-order chi connectivity index (χ0) is 12.7. The van der Waals surface area contributed by atoms with Gasteiger partial charge in [-0.05, 0) is 12.1 Å². The van der Waals surface area contributed by atoms with E-state index in [4.69, 9.17) is 9.47 Å². The Hall–Kier alpha value is -1.04. The van der Waals surface area contributed by atoms with Crippen molar-refractivity contribution in [3.63, 3.8) is 0 Å². The molecule has 0 saturated heterocycles. The summed E-state index contributed by atoms with van der Waals surface area (Å²) in [4.78, 5) is 12.1. The van der Waals surface area contributed by atoms with Crippen molar-refractivity contribution < 1.29 is 14.3 Å². The summed E-state index contributed by atoms with van der Waals surface area (Å²) in [6.07, 6.45) is -0.340. The Morgan fingerprint density at radius 1 is 1.29 bits per heavy atom. The first-order valence-corrected chi connectivity index (χ1v) is 6.18. The minimum atomic E-state index is -0.340. The van der Waals surface area contributed by atoms with Gasteiger partial charge in [-0.15, -0.1) is 11.8 Å². The van der Waals surface area contributed by atoms with Gasteiger partial charge in [-0.3, -0.25) is 4.79 Å². The van der Waals surface area contributed by atoms with Crippen LogP contribution in [0.1, 0.15) is 11.9 Å². The standard InChI is InChI=1S/C12H17NO3S/c1-13-11(14)8-17-10-6-4-9(5-7-10)12(15-2)16-3/h4-7,12H,8H2,1-3H3,(H,13,14). The summed E-state index contributed by atoms with van der Waals surface area (Å²) in [5.41, 5.74) is 0.958. The molecule has 5 heteroatoms. The normalized spacial score (nSPS) is 10.6. The Kier molecular flexibility index (Phi) is 6.04. The molecular formula is C12H17NO3S. The molecule has 0 aromatic heterocycles. The number of hydrogen-bond donors (Lipinski definition) is 1. The quantitative estimate of drug-likeness (QED) is 0.622. The summed E-state index contributed by atoms with van der Waals surface area (Å²) in [6, 6.07) is 7.77. The lowest BCUT2D eigenvalue weighted by Gasteiger charge is -2.13. The molecule has 17 heavy (non-hydrogen) atoms. The first-order valence-electron chi connectivity index (χ1n) is 5.20. The van der Waals surface area contributed by atoms with Crippen LogP contribution < -0.4 is 5.32 Å². The highest BCUT2D eigenvalue weighted by Gasteiger charge is 2.08. The molecule has 4 nitrogen and oxygen atoms in total. The van der Waals surface area contributed by atoms with Crippen molar-refractivity contribution in [3.05, 3.63) is 29.8 Å². The topological polar surface area (TPSA) is 47.6 Å². The molecule has 1 N–H and O–H groups in total. The Morgan fingerprint density at radius 2 is 1.88 bits per heavy atom. The lowest BCUT2D eigenvalue weighted by Crippen LogP contribution is -2.19. The number of carbonyl (C=O) groups excluding carboxylic acids is 1. The van der Waals surface area contributed by atoms with Gasteiger partial charge in [0.25, 0.3) is 0 Å². The zero-order valence-electron chi connectivity index (χ0n) is 10.2. The fraction of sp³-hybridized carbons (Fsp3) is 0.417. The molecule has 1 aromatic carbocycles. The lowest BCUT2D eigenvalue weighted by molar-refractivity contribution is -0.118. The second-order valence-corrected chi connectivity index (χ2v) is 4.38. The molecular weight excluding hydrogens is 238 g/mol. The summed E-state index contributed by atoms with van der Waals surface area (Å²) in [5.74, 6) is 0.444. The summed E-state index contributed by atoms with van der Waals surface area (Å²) < 4.78 is 10.3. The van der Waals surface area contributed by atoms with E-state index >= 15 is 0 Å². The van der Waals surface area contributed by atoms with Crippen LogP contribution in [0.3, 0.4) is 0 Å². The maximum absolute atomic E-state index is 11.1. The van der Waals surface area contributed by atoms with Crippen molar-refractivity contribution in [2.24, 2.45) is 0 Å². The molecule has 0 saturated carbocycles. The summed E-state index contributed by atoms with van der Waals surface area (Å²) >= 11 is 1.50. The average molecular weight is 255 g/mol.